The Morgan fingerprint density at radius 1 is 1.03 bits per heavy atom. The monoisotopic (exact) mass is 515 g/mol. The van der Waals surface area contributed by atoms with Crippen LogP contribution in [0.15, 0.2) is 29.2 Å². The molecule has 1 saturated heterocycles. The normalized spacial score (nSPS) is 18.6. The molecule has 8 nitrogen and oxygen atoms in total. The summed E-state index contributed by atoms with van der Waals surface area (Å²) in [6, 6.07) is 7.16. The SMILES string of the molecule is Cc1nn(-c2ccc(S(=O)(=O)N(C)C)cc2)c(C)c1CN1CCC(NC(=O)CC2CCCCC2)CC1. The van der Waals surface area contributed by atoms with Gasteiger partial charge in [0.1, 0.15) is 0 Å². The standard InChI is InChI=1S/C27H41N5O3S/c1-20-26(21(2)32(29-20)24-10-12-25(13-11-24)36(34,35)30(3)4)19-31-16-14-23(15-17-31)28-27(33)18-22-8-6-5-7-9-22/h10-13,22-23H,5-9,14-19H2,1-4H3,(H,28,33). The lowest BCUT2D eigenvalue weighted by molar-refractivity contribution is -0.123. The van der Waals surface area contributed by atoms with Gasteiger partial charge in [-0.2, -0.15) is 5.10 Å². The van der Waals surface area contributed by atoms with Crippen LogP contribution in [0.4, 0.5) is 0 Å². The third kappa shape index (κ3) is 6.18. The summed E-state index contributed by atoms with van der Waals surface area (Å²) in [6.45, 7) is 6.83. The van der Waals surface area contributed by atoms with Crippen molar-refractivity contribution in [3.63, 3.8) is 0 Å². The number of sulfonamides is 1. The van der Waals surface area contributed by atoms with Crippen molar-refractivity contribution < 1.29 is 13.2 Å². The second-order valence-corrected chi connectivity index (χ2v) is 12.8. The van der Waals surface area contributed by atoms with Crippen LogP contribution in [0.5, 0.6) is 0 Å². The number of piperidine rings is 1. The Hall–Kier alpha value is -2.23. The molecule has 1 amide bonds. The van der Waals surface area contributed by atoms with Gasteiger partial charge in [0.2, 0.25) is 15.9 Å². The van der Waals surface area contributed by atoms with E-state index >= 15 is 0 Å². The van der Waals surface area contributed by atoms with Gasteiger partial charge >= 0.3 is 0 Å². The summed E-state index contributed by atoms with van der Waals surface area (Å²) in [4.78, 5) is 15.2. The highest BCUT2D eigenvalue weighted by atomic mass is 32.2. The fourth-order valence-electron chi connectivity index (χ4n) is 5.52. The van der Waals surface area contributed by atoms with Crippen molar-refractivity contribution in [3.8, 4) is 5.69 Å². The molecule has 2 aliphatic rings. The summed E-state index contributed by atoms with van der Waals surface area (Å²) in [5.74, 6) is 0.813. The van der Waals surface area contributed by atoms with E-state index in [1.54, 1.807) is 24.3 Å². The van der Waals surface area contributed by atoms with E-state index < -0.39 is 10.0 Å². The fraction of sp³-hybridized carbons (Fsp3) is 0.630. The van der Waals surface area contributed by atoms with Gasteiger partial charge in [-0.3, -0.25) is 9.69 Å². The van der Waals surface area contributed by atoms with Crippen LogP contribution in [-0.4, -0.2) is 66.5 Å². The molecular weight excluding hydrogens is 474 g/mol. The molecule has 0 spiro atoms. The molecule has 0 bridgehead atoms. The zero-order chi connectivity index (χ0) is 25.9. The molecule has 4 rings (SSSR count). The third-order valence-electron chi connectivity index (χ3n) is 7.83. The lowest BCUT2D eigenvalue weighted by Crippen LogP contribution is -2.44. The molecule has 0 radical (unpaired) electrons. The summed E-state index contributed by atoms with van der Waals surface area (Å²) in [5, 5.41) is 8.05. The molecule has 0 atom stereocenters. The number of hydrogen-bond donors (Lipinski definition) is 1. The highest BCUT2D eigenvalue weighted by Crippen LogP contribution is 2.27. The Morgan fingerprint density at radius 3 is 2.28 bits per heavy atom. The van der Waals surface area contributed by atoms with Crippen LogP contribution in [0, 0.1) is 19.8 Å². The molecule has 9 heteroatoms. The maximum absolute atomic E-state index is 12.5. The largest absolute Gasteiger partial charge is 0.353 e. The Labute approximate surface area is 216 Å². The maximum atomic E-state index is 12.5. The van der Waals surface area contributed by atoms with Crippen LogP contribution in [-0.2, 0) is 21.4 Å². The number of amides is 1. The van der Waals surface area contributed by atoms with Gasteiger partial charge in [-0.1, -0.05) is 19.3 Å². The quantitative estimate of drug-likeness (QED) is 0.578. The first kappa shape index (κ1) is 26.8. The predicted molar refractivity (Wildman–Crippen MR) is 142 cm³/mol. The maximum Gasteiger partial charge on any atom is 0.242 e. The Kier molecular flexibility index (Phi) is 8.52. The first-order valence-corrected chi connectivity index (χ1v) is 14.7. The molecule has 2 heterocycles. The first-order valence-electron chi connectivity index (χ1n) is 13.2. The molecule has 1 aliphatic heterocycles. The van der Waals surface area contributed by atoms with Gasteiger partial charge in [0.25, 0.3) is 0 Å². The molecule has 2 aromatic rings. The number of rotatable bonds is 8. The highest BCUT2D eigenvalue weighted by Gasteiger charge is 2.25. The zero-order valence-corrected chi connectivity index (χ0v) is 23.0. The van der Waals surface area contributed by atoms with Gasteiger partial charge in [0.05, 0.1) is 16.3 Å². The summed E-state index contributed by atoms with van der Waals surface area (Å²) in [6.07, 6.45) is 8.93. The van der Waals surface area contributed by atoms with Gasteiger partial charge in [0, 0.05) is 57.4 Å². The minimum atomic E-state index is -3.46. The Bertz CT molecular complexity index is 1140. The molecule has 1 N–H and O–H groups in total. The second kappa shape index (κ2) is 11.4. The number of carbonyl (C=O) groups is 1. The minimum absolute atomic E-state index is 0.234. The number of hydrogen-bond acceptors (Lipinski definition) is 5. The summed E-state index contributed by atoms with van der Waals surface area (Å²) >= 11 is 0. The molecule has 1 aliphatic carbocycles. The van der Waals surface area contributed by atoms with E-state index in [1.165, 1.54) is 56.1 Å². The number of aryl methyl sites for hydroxylation is 1. The zero-order valence-electron chi connectivity index (χ0n) is 22.2. The number of likely N-dealkylation sites (tertiary alicyclic amines) is 1. The van der Waals surface area contributed by atoms with E-state index in [1.807, 2.05) is 11.6 Å². The molecular formula is C27H41N5O3S. The number of aromatic nitrogens is 2. The van der Waals surface area contributed by atoms with Gasteiger partial charge in [0.15, 0.2) is 0 Å². The van der Waals surface area contributed by atoms with Gasteiger partial charge in [-0.25, -0.2) is 17.4 Å². The van der Waals surface area contributed by atoms with E-state index in [4.69, 9.17) is 5.10 Å². The average molecular weight is 516 g/mol. The van der Waals surface area contributed by atoms with E-state index in [-0.39, 0.29) is 16.8 Å². The molecule has 1 aromatic carbocycles. The number of nitrogens with zero attached hydrogens (tertiary/aromatic N) is 4. The molecule has 2 fully saturated rings. The summed E-state index contributed by atoms with van der Waals surface area (Å²) in [5.41, 5.74) is 4.11. The Balaban J connectivity index is 1.33. The van der Waals surface area contributed by atoms with Crippen molar-refractivity contribution in [2.24, 2.45) is 5.92 Å². The topological polar surface area (TPSA) is 87.5 Å². The Morgan fingerprint density at radius 2 is 1.67 bits per heavy atom. The molecule has 0 unspecified atom stereocenters. The first-order chi connectivity index (χ1) is 17.1. The van der Waals surface area contributed by atoms with E-state index in [9.17, 15) is 13.2 Å². The van der Waals surface area contributed by atoms with Crippen molar-refractivity contribution in [2.75, 3.05) is 27.2 Å². The molecule has 1 saturated carbocycles. The molecule has 36 heavy (non-hydrogen) atoms. The van der Waals surface area contributed by atoms with Crippen LogP contribution >= 0.6 is 0 Å². The van der Waals surface area contributed by atoms with Crippen LogP contribution in [0.3, 0.4) is 0 Å². The van der Waals surface area contributed by atoms with Crippen molar-refractivity contribution in [1.29, 1.82) is 0 Å². The van der Waals surface area contributed by atoms with Crippen molar-refractivity contribution in [2.45, 2.75) is 82.7 Å². The highest BCUT2D eigenvalue weighted by molar-refractivity contribution is 7.89. The predicted octanol–water partition coefficient (Wildman–Crippen LogP) is 3.79. The smallest absolute Gasteiger partial charge is 0.242 e. The van der Waals surface area contributed by atoms with Gasteiger partial charge in [-0.15, -0.1) is 0 Å². The molecule has 198 valence electrons. The number of nitrogens with one attached hydrogen (secondary N) is 1. The lowest BCUT2D eigenvalue weighted by atomic mass is 9.86. The van der Waals surface area contributed by atoms with E-state index in [0.29, 0.717) is 12.3 Å². The number of carbonyl (C=O) groups excluding carboxylic acids is 1. The third-order valence-corrected chi connectivity index (χ3v) is 9.66. The van der Waals surface area contributed by atoms with Gasteiger partial charge in [-0.05, 0) is 69.7 Å². The summed E-state index contributed by atoms with van der Waals surface area (Å²) in [7, 11) is -0.392. The van der Waals surface area contributed by atoms with E-state index in [0.717, 1.165) is 49.6 Å². The van der Waals surface area contributed by atoms with Crippen LogP contribution in [0.25, 0.3) is 5.69 Å². The number of benzene rings is 1. The minimum Gasteiger partial charge on any atom is -0.353 e. The average Bonchev–Trinajstić information content (AvgIpc) is 3.14. The molecule has 1 aromatic heterocycles. The van der Waals surface area contributed by atoms with Crippen LogP contribution in [0.1, 0.15) is 68.3 Å². The van der Waals surface area contributed by atoms with Crippen LogP contribution < -0.4 is 5.32 Å². The van der Waals surface area contributed by atoms with Crippen molar-refractivity contribution in [3.05, 3.63) is 41.2 Å². The van der Waals surface area contributed by atoms with Crippen molar-refractivity contribution in [1.82, 2.24) is 24.3 Å². The van der Waals surface area contributed by atoms with Crippen LogP contribution in [0.2, 0.25) is 0 Å². The summed E-state index contributed by atoms with van der Waals surface area (Å²) < 4.78 is 27.9. The fourth-order valence-corrected chi connectivity index (χ4v) is 6.43. The second-order valence-electron chi connectivity index (χ2n) is 10.7. The lowest BCUT2D eigenvalue weighted by Gasteiger charge is -2.33. The van der Waals surface area contributed by atoms with Gasteiger partial charge < -0.3 is 5.32 Å². The van der Waals surface area contributed by atoms with Crippen molar-refractivity contribution >= 4 is 15.9 Å². The van der Waals surface area contributed by atoms with E-state index in [2.05, 4.69) is 17.1 Å².